The first-order chi connectivity index (χ1) is 10.7. The Morgan fingerprint density at radius 3 is 2.95 bits per heavy atom. The Balaban J connectivity index is 1.49. The van der Waals surface area contributed by atoms with Gasteiger partial charge in [0.25, 0.3) is 5.91 Å². The zero-order chi connectivity index (χ0) is 15.4. The molecule has 0 saturated carbocycles. The Morgan fingerprint density at radius 2 is 2.18 bits per heavy atom. The summed E-state index contributed by atoms with van der Waals surface area (Å²) in [7, 11) is 0. The molecular formula is C16H20N4OS. The van der Waals surface area contributed by atoms with E-state index in [0.717, 1.165) is 30.3 Å². The number of nitrogens with one attached hydrogen (secondary N) is 1. The number of thiazole rings is 1. The number of hydrogen-bond acceptors (Lipinski definition) is 5. The second-order valence-electron chi connectivity index (χ2n) is 5.45. The highest BCUT2D eigenvalue weighted by Gasteiger charge is 2.15. The van der Waals surface area contributed by atoms with Crippen molar-refractivity contribution in [2.24, 2.45) is 0 Å². The zero-order valence-corrected chi connectivity index (χ0v) is 13.2. The largest absolute Gasteiger partial charge is 0.399 e. The quantitative estimate of drug-likeness (QED) is 0.830. The molecule has 0 spiro atoms. The van der Waals surface area contributed by atoms with E-state index in [0.29, 0.717) is 17.8 Å². The summed E-state index contributed by atoms with van der Waals surface area (Å²) in [5.41, 5.74) is 7.92. The van der Waals surface area contributed by atoms with Crippen molar-refractivity contribution in [1.29, 1.82) is 0 Å². The molecular weight excluding hydrogens is 296 g/mol. The minimum atomic E-state index is -0.0951. The fourth-order valence-electron chi connectivity index (χ4n) is 2.55. The van der Waals surface area contributed by atoms with Crippen LogP contribution < -0.4 is 16.0 Å². The number of anilines is 2. The van der Waals surface area contributed by atoms with Gasteiger partial charge < -0.3 is 16.0 Å². The van der Waals surface area contributed by atoms with Crippen molar-refractivity contribution in [3.63, 3.8) is 0 Å². The van der Waals surface area contributed by atoms with Crippen molar-refractivity contribution in [3.8, 4) is 0 Å². The Morgan fingerprint density at radius 1 is 1.36 bits per heavy atom. The van der Waals surface area contributed by atoms with Gasteiger partial charge in [-0.1, -0.05) is 6.07 Å². The maximum Gasteiger partial charge on any atom is 0.251 e. The van der Waals surface area contributed by atoms with Crippen LogP contribution in [0.2, 0.25) is 0 Å². The summed E-state index contributed by atoms with van der Waals surface area (Å²) in [6.45, 7) is 2.80. The number of aromatic nitrogens is 1. The van der Waals surface area contributed by atoms with Gasteiger partial charge in [-0.05, 0) is 31.0 Å². The minimum absolute atomic E-state index is 0.0951. The molecule has 22 heavy (non-hydrogen) atoms. The predicted molar refractivity (Wildman–Crippen MR) is 90.5 cm³/mol. The van der Waals surface area contributed by atoms with Crippen molar-refractivity contribution in [2.45, 2.75) is 19.3 Å². The molecule has 1 aromatic heterocycles. The van der Waals surface area contributed by atoms with Gasteiger partial charge >= 0.3 is 0 Å². The van der Waals surface area contributed by atoms with Crippen LogP contribution in [0.15, 0.2) is 29.6 Å². The van der Waals surface area contributed by atoms with Gasteiger partial charge in [0.2, 0.25) is 0 Å². The molecule has 2 heterocycles. The van der Waals surface area contributed by atoms with Gasteiger partial charge in [-0.25, -0.2) is 4.98 Å². The minimum Gasteiger partial charge on any atom is -0.399 e. The SMILES string of the molecule is Nc1cccc(C(=O)NCCc2csc(N3CCCC3)n2)c1. The van der Waals surface area contributed by atoms with Crippen LogP contribution in [0, 0.1) is 0 Å². The van der Waals surface area contributed by atoms with Crippen LogP contribution >= 0.6 is 11.3 Å². The van der Waals surface area contributed by atoms with Crippen molar-refractivity contribution in [3.05, 3.63) is 40.9 Å². The average molecular weight is 316 g/mol. The highest BCUT2D eigenvalue weighted by atomic mass is 32.1. The van der Waals surface area contributed by atoms with E-state index in [2.05, 4.69) is 20.6 Å². The topological polar surface area (TPSA) is 71.2 Å². The fraction of sp³-hybridized carbons (Fsp3) is 0.375. The zero-order valence-electron chi connectivity index (χ0n) is 12.4. The second kappa shape index (κ2) is 6.79. The van der Waals surface area contributed by atoms with Crippen LogP contribution in [-0.2, 0) is 6.42 Å². The molecule has 0 atom stereocenters. The van der Waals surface area contributed by atoms with Gasteiger partial charge in [0.05, 0.1) is 5.69 Å². The van der Waals surface area contributed by atoms with Crippen molar-refractivity contribution < 1.29 is 4.79 Å². The number of amides is 1. The van der Waals surface area contributed by atoms with Gasteiger partial charge in [-0.3, -0.25) is 4.79 Å². The molecule has 0 unspecified atom stereocenters. The third-order valence-corrected chi connectivity index (χ3v) is 4.68. The summed E-state index contributed by atoms with van der Waals surface area (Å²) in [5.74, 6) is -0.0951. The van der Waals surface area contributed by atoms with E-state index in [4.69, 9.17) is 5.73 Å². The van der Waals surface area contributed by atoms with Crippen LogP contribution in [0.3, 0.4) is 0 Å². The van der Waals surface area contributed by atoms with E-state index in [1.165, 1.54) is 12.8 Å². The van der Waals surface area contributed by atoms with Crippen LogP contribution in [0.25, 0.3) is 0 Å². The predicted octanol–water partition coefficient (Wildman–Crippen LogP) is 2.30. The number of nitrogens with zero attached hydrogens (tertiary/aromatic N) is 2. The molecule has 3 rings (SSSR count). The normalized spacial score (nSPS) is 14.3. The first-order valence-electron chi connectivity index (χ1n) is 7.55. The lowest BCUT2D eigenvalue weighted by Gasteiger charge is -2.12. The lowest BCUT2D eigenvalue weighted by atomic mass is 10.2. The van der Waals surface area contributed by atoms with E-state index in [1.54, 1.807) is 35.6 Å². The van der Waals surface area contributed by atoms with E-state index in [1.807, 2.05) is 0 Å². The van der Waals surface area contributed by atoms with Gasteiger partial charge in [0.15, 0.2) is 5.13 Å². The number of carbonyl (C=O) groups is 1. The molecule has 1 saturated heterocycles. The molecule has 3 N–H and O–H groups in total. The number of benzene rings is 1. The highest BCUT2D eigenvalue weighted by molar-refractivity contribution is 7.13. The lowest BCUT2D eigenvalue weighted by Crippen LogP contribution is -2.25. The van der Waals surface area contributed by atoms with E-state index >= 15 is 0 Å². The molecule has 5 nitrogen and oxygen atoms in total. The molecule has 1 fully saturated rings. The van der Waals surface area contributed by atoms with Gasteiger partial charge in [0, 0.05) is 42.7 Å². The first kappa shape index (κ1) is 14.8. The summed E-state index contributed by atoms with van der Waals surface area (Å²) in [4.78, 5) is 19.0. The third-order valence-electron chi connectivity index (χ3n) is 3.73. The van der Waals surface area contributed by atoms with E-state index in [-0.39, 0.29) is 5.91 Å². The van der Waals surface area contributed by atoms with Crippen LogP contribution in [0.1, 0.15) is 28.9 Å². The molecule has 0 aliphatic carbocycles. The summed E-state index contributed by atoms with van der Waals surface area (Å²) in [6, 6.07) is 7.00. The molecule has 6 heteroatoms. The maximum atomic E-state index is 12.0. The van der Waals surface area contributed by atoms with E-state index < -0.39 is 0 Å². The number of hydrogen-bond donors (Lipinski definition) is 2. The Kier molecular flexibility index (Phi) is 4.58. The average Bonchev–Trinajstić information content (AvgIpc) is 3.18. The fourth-order valence-corrected chi connectivity index (χ4v) is 3.46. The van der Waals surface area contributed by atoms with Gasteiger partial charge in [-0.15, -0.1) is 11.3 Å². The number of carbonyl (C=O) groups excluding carboxylic acids is 1. The van der Waals surface area contributed by atoms with Crippen LogP contribution in [-0.4, -0.2) is 30.5 Å². The second-order valence-corrected chi connectivity index (χ2v) is 6.28. The lowest BCUT2D eigenvalue weighted by molar-refractivity contribution is 0.0954. The Labute approximate surface area is 134 Å². The highest BCUT2D eigenvalue weighted by Crippen LogP contribution is 2.24. The molecule has 116 valence electrons. The summed E-state index contributed by atoms with van der Waals surface area (Å²) >= 11 is 1.69. The number of nitrogen functional groups attached to an aromatic ring is 1. The molecule has 1 amide bonds. The van der Waals surface area contributed by atoms with Crippen molar-refractivity contribution >= 4 is 28.1 Å². The monoisotopic (exact) mass is 316 g/mol. The van der Waals surface area contributed by atoms with Crippen molar-refractivity contribution in [2.75, 3.05) is 30.3 Å². The molecule has 0 bridgehead atoms. The molecule has 1 aliphatic rings. The molecule has 0 radical (unpaired) electrons. The summed E-state index contributed by atoms with van der Waals surface area (Å²) < 4.78 is 0. The number of nitrogens with two attached hydrogens (primary N) is 1. The summed E-state index contributed by atoms with van der Waals surface area (Å²) in [5, 5.41) is 6.10. The molecule has 1 aliphatic heterocycles. The van der Waals surface area contributed by atoms with Crippen LogP contribution in [0.5, 0.6) is 0 Å². The first-order valence-corrected chi connectivity index (χ1v) is 8.43. The Bertz CT molecular complexity index is 649. The maximum absolute atomic E-state index is 12.0. The number of rotatable bonds is 5. The van der Waals surface area contributed by atoms with Crippen molar-refractivity contribution in [1.82, 2.24) is 10.3 Å². The summed E-state index contributed by atoms with van der Waals surface area (Å²) in [6.07, 6.45) is 3.26. The molecule has 2 aromatic rings. The Hall–Kier alpha value is -2.08. The smallest absolute Gasteiger partial charge is 0.251 e. The van der Waals surface area contributed by atoms with E-state index in [9.17, 15) is 4.79 Å². The molecule has 1 aromatic carbocycles. The van der Waals surface area contributed by atoms with Gasteiger partial charge in [-0.2, -0.15) is 0 Å². The van der Waals surface area contributed by atoms with Gasteiger partial charge in [0.1, 0.15) is 0 Å². The van der Waals surface area contributed by atoms with Crippen LogP contribution in [0.4, 0.5) is 10.8 Å². The standard InChI is InChI=1S/C16H20N4OS/c17-13-5-3-4-12(10-13)15(21)18-7-6-14-11-22-16(19-14)20-8-1-2-9-20/h3-5,10-11H,1-2,6-9,17H2,(H,18,21). The third kappa shape index (κ3) is 3.57.